The third kappa shape index (κ3) is 5.12. The van der Waals surface area contributed by atoms with Crippen LogP contribution in [-0.2, 0) is 10.0 Å². The molecule has 1 aliphatic rings. The molecule has 1 fully saturated rings. The lowest BCUT2D eigenvalue weighted by Crippen LogP contribution is -2.43. The van der Waals surface area contributed by atoms with Crippen LogP contribution in [0.1, 0.15) is 34.8 Å². The van der Waals surface area contributed by atoms with Crippen molar-refractivity contribution in [3.63, 3.8) is 0 Å². The zero-order valence-corrected chi connectivity index (χ0v) is 18.6. The zero-order valence-electron chi connectivity index (χ0n) is 17.8. The first-order chi connectivity index (χ1) is 14.3. The van der Waals surface area contributed by atoms with E-state index in [-0.39, 0.29) is 10.8 Å². The number of piperazine rings is 1. The van der Waals surface area contributed by atoms with Crippen LogP contribution in [0.15, 0.2) is 41.3 Å². The fraction of sp³-hybridized carbons (Fsp3) is 0.409. The van der Waals surface area contributed by atoms with Crippen LogP contribution >= 0.6 is 0 Å². The molecule has 1 heterocycles. The van der Waals surface area contributed by atoms with Crippen molar-refractivity contribution in [2.24, 2.45) is 0 Å². The number of rotatable bonds is 7. The van der Waals surface area contributed by atoms with Crippen molar-refractivity contribution < 1.29 is 13.2 Å². The van der Waals surface area contributed by atoms with Crippen molar-refractivity contribution >= 4 is 27.3 Å². The van der Waals surface area contributed by atoms with E-state index in [0.717, 1.165) is 49.4 Å². The number of sulfonamides is 1. The topological polar surface area (TPSA) is 90.5 Å². The van der Waals surface area contributed by atoms with Gasteiger partial charge < -0.3 is 15.5 Å². The van der Waals surface area contributed by atoms with Crippen LogP contribution in [0, 0.1) is 13.8 Å². The van der Waals surface area contributed by atoms with Gasteiger partial charge in [0.25, 0.3) is 15.9 Å². The molecule has 0 atom stereocenters. The molecule has 1 aliphatic heterocycles. The van der Waals surface area contributed by atoms with Crippen molar-refractivity contribution in [2.45, 2.75) is 32.1 Å². The Hall–Kier alpha value is -2.58. The predicted molar refractivity (Wildman–Crippen MR) is 121 cm³/mol. The van der Waals surface area contributed by atoms with E-state index in [9.17, 15) is 13.2 Å². The molecule has 30 heavy (non-hydrogen) atoms. The summed E-state index contributed by atoms with van der Waals surface area (Å²) >= 11 is 0. The van der Waals surface area contributed by atoms with Gasteiger partial charge in [0.2, 0.25) is 0 Å². The van der Waals surface area contributed by atoms with Gasteiger partial charge in [-0.05, 0) is 61.7 Å². The summed E-state index contributed by atoms with van der Waals surface area (Å²) in [4.78, 5) is 14.8. The molecule has 0 radical (unpaired) electrons. The molecule has 0 unspecified atom stereocenters. The van der Waals surface area contributed by atoms with Gasteiger partial charge in [-0.3, -0.25) is 9.52 Å². The molecule has 0 spiro atoms. The Bertz CT molecular complexity index is 1020. The molecule has 0 aromatic heterocycles. The second-order valence-corrected chi connectivity index (χ2v) is 9.26. The van der Waals surface area contributed by atoms with Crippen LogP contribution < -0.4 is 20.3 Å². The fourth-order valence-corrected chi connectivity index (χ4v) is 4.52. The summed E-state index contributed by atoms with van der Waals surface area (Å²) in [6, 6.07) is 10.3. The van der Waals surface area contributed by atoms with Gasteiger partial charge >= 0.3 is 0 Å². The highest BCUT2D eigenvalue weighted by atomic mass is 32.2. The summed E-state index contributed by atoms with van der Waals surface area (Å²) in [5.74, 6) is -0.213. The maximum Gasteiger partial charge on any atom is 0.261 e. The van der Waals surface area contributed by atoms with E-state index in [1.807, 2.05) is 26.8 Å². The molecule has 162 valence electrons. The van der Waals surface area contributed by atoms with Gasteiger partial charge in [0.1, 0.15) is 0 Å². The number of nitrogens with zero attached hydrogens (tertiary/aromatic N) is 1. The Labute approximate surface area is 178 Å². The molecule has 3 rings (SSSR count). The average Bonchev–Trinajstić information content (AvgIpc) is 2.74. The number of benzene rings is 2. The molecule has 7 nitrogen and oxygen atoms in total. The zero-order chi connectivity index (χ0) is 21.7. The molecule has 0 aliphatic carbocycles. The van der Waals surface area contributed by atoms with Gasteiger partial charge in [-0.1, -0.05) is 13.0 Å². The molecule has 1 amide bonds. The Morgan fingerprint density at radius 1 is 1.07 bits per heavy atom. The third-order valence-corrected chi connectivity index (χ3v) is 6.65. The number of carbonyl (C=O) groups is 1. The lowest BCUT2D eigenvalue weighted by molar-refractivity contribution is 0.0953. The van der Waals surface area contributed by atoms with Crippen LogP contribution in [0.3, 0.4) is 0 Å². The number of hydrogen-bond donors (Lipinski definition) is 3. The van der Waals surface area contributed by atoms with Crippen molar-refractivity contribution in [3.8, 4) is 0 Å². The van der Waals surface area contributed by atoms with Crippen molar-refractivity contribution in [2.75, 3.05) is 42.3 Å². The van der Waals surface area contributed by atoms with Crippen molar-refractivity contribution in [1.29, 1.82) is 0 Å². The van der Waals surface area contributed by atoms with Crippen LogP contribution in [0.4, 0.5) is 11.4 Å². The summed E-state index contributed by atoms with van der Waals surface area (Å²) in [6.07, 6.45) is 0.830. The van der Waals surface area contributed by atoms with Crippen molar-refractivity contribution in [1.82, 2.24) is 10.6 Å². The molecule has 2 aromatic carbocycles. The minimum absolute atomic E-state index is 0.206. The summed E-state index contributed by atoms with van der Waals surface area (Å²) < 4.78 is 29.0. The average molecular weight is 431 g/mol. The summed E-state index contributed by atoms with van der Waals surface area (Å²) in [7, 11) is -3.80. The largest absolute Gasteiger partial charge is 0.367 e. The molecule has 0 bridgehead atoms. The van der Waals surface area contributed by atoms with E-state index in [4.69, 9.17) is 0 Å². The van der Waals surface area contributed by atoms with Gasteiger partial charge in [0, 0.05) is 38.3 Å². The minimum Gasteiger partial charge on any atom is -0.367 e. The van der Waals surface area contributed by atoms with Gasteiger partial charge in [-0.2, -0.15) is 0 Å². The number of aryl methyl sites for hydroxylation is 2. The monoisotopic (exact) mass is 430 g/mol. The third-order valence-electron chi connectivity index (χ3n) is 5.28. The lowest BCUT2D eigenvalue weighted by atomic mass is 10.1. The summed E-state index contributed by atoms with van der Waals surface area (Å²) in [6.45, 7) is 9.56. The van der Waals surface area contributed by atoms with E-state index in [1.54, 1.807) is 30.3 Å². The fourth-order valence-electron chi connectivity index (χ4n) is 3.37. The Morgan fingerprint density at radius 3 is 2.47 bits per heavy atom. The number of nitrogens with one attached hydrogen (secondary N) is 3. The maximum absolute atomic E-state index is 13.1. The molecule has 8 heteroatoms. The molecular formula is C22H30N4O3S. The van der Waals surface area contributed by atoms with Gasteiger partial charge in [-0.25, -0.2) is 8.42 Å². The lowest BCUT2D eigenvalue weighted by Gasteiger charge is -2.31. The Balaban J connectivity index is 1.98. The van der Waals surface area contributed by atoms with Crippen LogP contribution in [0.2, 0.25) is 0 Å². The van der Waals surface area contributed by atoms with Crippen LogP contribution in [-0.4, -0.2) is 47.0 Å². The van der Waals surface area contributed by atoms with Gasteiger partial charge in [-0.15, -0.1) is 0 Å². The first-order valence-corrected chi connectivity index (χ1v) is 11.8. The Kier molecular flexibility index (Phi) is 6.99. The summed E-state index contributed by atoms with van der Waals surface area (Å²) in [5.41, 5.74) is 3.56. The second-order valence-electron chi connectivity index (χ2n) is 7.58. The highest BCUT2D eigenvalue weighted by molar-refractivity contribution is 7.92. The smallest absolute Gasteiger partial charge is 0.261 e. The minimum atomic E-state index is -3.80. The molecule has 3 N–H and O–H groups in total. The first-order valence-electron chi connectivity index (χ1n) is 10.3. The highest BCUT2D eigenvalue weighted by Crippen LogP contribution is 2.30. The molecule has 1 saturated heterocycles. The molecule has 0 saturated carbocycles. The first kappa shape index (κ1) is 22.1. The Morgan fingerprint density at radius 2 is 1.80 bits per heavy atom. The van der Waals surface area contributed by atoms with E-state index in [0.29, 0.717) is 17.8 Å². The number of anilines is 2. The second kappa shape index (κ2) is 9.49. The summed E-state index contributed by atoms with van der Waals surface area (Å²) in [5, 5.41) is 6.14. The standard InChI is InChI=1S/C22H30N4O3S/c1-4-9-24-22(27)18-6-8-21(26-12-10-23-11-13-26)20(15-18)25-30(28,29)19-7-5-16(2)17(3)14-19/h5-8,14-15,23,25H,4,9-13H2,1-3H3,(H,24,27). The van der Waals surface area contributed by atoms with Gasteiger partial charge in [0.15, 0.2) is 0 Å². The van der Waals surface area contributed by atoms with Crippen molar-refractivity contribution in [3.05, 3.63) is 53.1 Å². The number of hydrogen-bond acceptors (Lipinski definition) is 5. The predicted octanol–water partition coefficient (Wildman–Crippen LogP) is 2.65. The SMILES string of the molecule is CCCNC(=O)c1ccc(N2CCNCC2)c(NS(=O)(=O)c2ccc(C)c(C)c2)c1. The van der Waals surface area contributed by atoms with E-state index >= 15 is 0 Å². The quantitative estimate of drug-likeness (QED) is 0.628. The maximum atomic E-state index is 13.1. The van der Waals surface area contributed by atoms with Crippen LogP contribution in [0.5, 0.6) is 0 Å². The van der Waals surface area contributed by atoms with Gasteiger partial charge in [0.05, 0.1) is 16.3 Å². The van der Waals surface area contributed by atoms with E-state index in [2.05, 4.69) is 20.3 Å². The molecule has 2 aromatic rings. The van der Waals surface area contributed by atoms with E-state index < -0.39 is 10.0 Å². The highest BCUT2D eigenvalue weighted by Gasteiger charge is 2.21. The normalized spacial score (nSPS) is 14.4. The van der Waals surface area contributed by atoms with E-state index in [1.165, 1.54) is 0 Å². The van der Waals surface area contributed by atoms with Crippen LogP contribution in [0.25, 0.3) is 0 Å². The molecular weight excluding hydrogens is 400 g/mol. The number of carbonyl (C=O) groups excluding carboxylic acids is 1. The number of amides is 1.